The van der Waals surface area contributed by atoms with Gasteiger partial charge in [-0.2, -0.15) is 0 Å². The first-order chi connectivity index (χ1) is 13.0. The third kappa shape index (κ3) is 4.36. The lowest BCUT2D eigenvalue weighted by atomic mass is 10.0. The molecule has 0 radical (unpaired) electrons. The lowest BCUT2D eigenvalue weighted by molar-refractivity contribution is -0.143. The van der Waals surface area contributed by atoms with Crippen LogP contribution in [0.4, 0.5) is 14.5 Å². The van der Waals surface area contributed by atoms with Crippen molar-refractivity contribution in [2.75, 3.05) is 38.2 Å². The maximum atomic E-state index is 14.4. The molecule has 3 rings (SSSR count). The number of hydrogen-bond donors (Lipinski definition) is 1. The molecule has 1 aliphatic heterocycles. The first kappa shape index (κ1) is 19.1. The molecule has 1 saturated heterocycles. The van der Waals surface area contributed by atoms with Gasteiger partial charge in [0.1, 0.15) is 23.4 Å². The van der Waals surface area contributed by atoms with Crippen molar-refractivity contribution in [3.63, 3.8) is 0 Å². The summed E-state index contributed by atoms with van der Waals surface area (Å²) in [6.45, 7) is 2.26. The standard InChI is InChI=1S/C20H22F2N2O3/c1-27-16-7-8-18(22)17(13-16)19(20(25)26)24-10-2-9-23(11-12-24)15-5-3-14(21)4-6-15/h3-8,13,19H,2,9-12H2,1H3,(H,25,26)/t19-/m1/s1. The number of anilines is 1. The normalized spacial score (nSPS) is 16.6. The number of aliphatic carboxylic acids is 1. The Kier molecular flexibility index (Phi) is 5.91. The Bertz CT molecular complexity index is 798. The van der Waals surface area contributed by atoms with Crippen LogP contribution in [0.5, 0.6) is 5.75 Å². The summed E-state index contributed by atoms with van der Waals surface area (Å²) < 4.78 is 32.6. The first-order valence-electron chi connectivity index (χ1n) is 8.80. The summed E-state index contributed by atoms with van der Waals surface area (Å²) in [5.74, 6) is -1.55. The minimum atomic E-state index is -1.10. The van der Waals surface area contributed by atoms with Gasteiger partial charge in [-0.25, -0.2) is 8.78 Å². The quantitative estimate of drug-likeness (QED) is 0.868. The first-order valence-corrected chi connectivity index (χ1v) is 8.80. The van der Waals surface area contributed by atoms with Gasteiger partial charge in [-0.05, 0) is 48.9 Å². The van der Waals surface area contributed by atoms with Gasteiger partial charge in [-0.3, -0.25) is 9.69 Å². The van der Waals surface area contributed by atoms with Crippen molar-refractivity contribution in [3.8, 4) is 5.75 Å². The second-order valence-corrected chi connectivity index (χ2v) is 6.48. The Labute approximate surface area is 156 Å². The van der Waals surface area contributed by atoms with Crippen LogP contribution in [-0.4, -0.2) is 49.3 Å². The zero-order valence-electron chi connectivity index (χ0n) is 15.1. The van der Waals surface area contributed by atoms with E-state index in [1.54, 1.807) is 17.0 Å². The van der Waals surface area contributed by atoms with Gasteiger partial charge in [0.25, 0.3) is 0 Å². The van der Waals surface area contributed by atoms with Gasteiger partial charge in [0.2, 0.25) is 0 Å². The van der Waals surface area contributed by atoms with E-state index < -0.39 is 17.8 Å². The molecule has 1 N–H and O–H groups in total. The number of carboxylic acids is 1. The van der Waals surface area contributed by atoms with Crippen molar-refractivity contribution >= 4 is 11.7 Å². The number of benzene rings is 2. The molecule has 0 bridgehead atoms. The maximum Gasteiger partial charge on any atom is 0.325 e. The van der Waals surface area contributed by atoms with Crippen LogP contribution in [0, 0.1) is 11.6 Å². The van der Waals surface area contributed by atoms with Gasteiger partial charge in [0.15, 0.2) is 0 Å². The number of halogens is 2. The molecule has 7 heteroatoms. The van der Waals surface area contributed by atoms with Gasteiger partial charge in [0.05, 0.1) is 7.11 Å². The Morgan fingerprint density at radius 1 is 1.07 bits per heavy atom. The van der Waals surface area contributed by atoms with E-state index in [-0.39, 0.29) is 11.4 Å². The molecular formula is C20H22F2N2O3. The predicted molar refractivity (Wildman–Crippen MR) is 98.1 cm³/mol. The SMILES string of the molecule is COc1ccc(F)c([C@H](C(=O)O)N2CCCN(c3ccc(F)cc3)CC2)c1. The number of methoxy groups -OCH3 is 1. The number of carbonyl (C=O) groups is 1. The van der Waals surface area contributed by atoms with Crippen LogP contribution in [0.2, 0.25) is 0 Å². The fourth-order valence-corrected chi connectivity index (χ4v) is 3.45. The van der Waals surface area contributed by atoms with E-state index in [4.69, 9.17) is 4.74 Å². The molecule has 0 unspecified atom stereocenters. The van der Waals surface area contributed by atoms with E-state index in [1.165, 1.54) is 37.4 Å². The smallest absolute Gasteiger partial charge is 0.325 e. The summed E-state index contributed by atoms with van der Waals surface area (Å²) in [4.78, 5) is 15.8. The predicted octanol–water partition coefficient (Wildman–Crippen LogP) is 3.31. The largest absolute Gasteiger partial charge is 0.497 e. The van der Waals surface area contributed by atoms with Gasteiger partial charge in [-0.15, -0.1) is 0 Å². The van der Waals surface area contributed by atoms with Crippen LogP contribution in [0.15, 0.2) is 42.5 Å². The van der Waals surface area contributed by atoms with Crippen molar-refractivity contribution in [1.82, 2.24) is 4.90 Å². The molecule has 2 aromatic carbocycles. The van der Waals surface area contributed by atoms with E-state index in [2.05, 4.69) is 4.90 Å². The minimum absolute atomic E-state index is 0.0945. The zero-order chi connectivity index (χ0) is 19.4. The Morgan fingerprint density at radius 2 is 1.81 bits per heavy atom. The number of hydrogen-bond acceptors (Lipinski definition) is 4. The van der Waals surface area contributed by atoms with Crippen LogP contribution < -0.4 is 9.64 Å². The molecular weight excluding hydrogens is 354 g/mol. The summed E-state index contributed by atoms with van der Waals surface area (Å²) in [5, 5.41) is 9.77. The molecule has 2 aromatic rings. The molecule has 0 aliphatic carbocycles. The van der Waals surface area contributed by atoms with E-state index in [0.717, 1.165) is 12.2 Å². The summed E-state index contributed by atoms with van der Waals surface area (Å²) in [7, 11) is 1.46. The summed E-state index contributed by atoms with van der Waals surface area (Å²) in [6, 6.07) is 9.28. The topological polar surface area (TPSA) is 53.0 Å². The second kappa shape index (κ2) is 8.35. The van der Waals surface area contributed by atoms with Crippen molar-refractivity contribution in [2.24, 2.45) is 0 Å². The van der Waals surface area contributed by atoms with Crippen LogP contribution in [0.1, 0.15) is 18.0 Å². The second-order valence-electron chi connectivity index (χ2n) is 6.48. The van der Waals surface area contributed by atoms with Gasteiger partial charge >= 0.3 is 5.97 Å². The zero-order valence-corrected chi connectivity index (χ0v) is 15.1. The fourth-order valence-electron chi connectivity index (χ4n) is 3.45. The van der Waals surface area contributed by atoms with Crippen LogP contribution in [-0.2, 0) is 4.79 Å². The molecule has 0 saturated carbocycles. The maximum absolute atomic E-state index is 14.4. The molecule has 1 aliphatic rings. The summed E-state index contributed by atoms with van der Waals surface area (Å²) in [5.41, 5.74) is 0.981. The molecule has 0 spiro atoms. The highest BCUT2D eigenvalue weighted by Crippen LogP contribution is 2.29. The highest BCUT2D eigenvalue weighted by molar-refractivity contribution is 5.76. The Morgan fingerprint density at radius 3 is 2.48 bits per heavy atom. The third-order valence-corrected chi connectivity index (χ3v) is 4.82. The Balaban J connectivity index is 1.81. The molecule has 0 amide bonds. The average Bonchev–Trinajstić information content (AvgIpc) is 2.90. The molecule has 27 heavy (non-hydrogen) atoms. The van der Waals surface area contributed by atoms with Crippen molar-refractivity contribution in [2.45, 2.75) is 12.5 Å². The summed E-state index contributed by atoms with van der Waals surface area (Å²) in [6.07, 6.45) is 0.715. The summed E-state index contributed by atoms with van der Waals surface area (Å²) >= 11 is 0. The highest BCUT2D eigenvalue weighted by atomic mass is 19.1. The lowest BCUT2D eigenvalue weighted by Gasteiger charge is -2.28. The molecule has 1 heterocycles. The van der Waals surface area contributed by atoms with E-state index >= 15 is 0 Å². The monoisotopic (exact) mass is 376 g/mol. The number of nitrogens with zero attached hydrogens (tertiary/aromatic N) is 2. The van der Waals surface area contributed by atoms with Gasteiger partial charge in [0, 0.05) is 37.4 Å². The Hall–Kier alpha value is -2.67. The van der Waals surface area contributed by atoms with Crippen molar-refractivity contribution < 1.29 is 23.4 Å². The van der Waals surface area contributed by atoms with Crippen LogP contribution >= 0.6 is 0 Å². The van der Waals surface area contributed by atoms with Crippen LogP contribution in [0.3, 0.4) is 0 Å². The third-order valence-electron chi connectivity index (χ3n) is 4.82. The molecule has 1 fully saturated rings. The average molecular weight is 376 g/mol. The molecule has 1 atom stereocenters. The van der Waals surface area contributed by atoms with Gasteiger partial charge < -0.3 is 14.7 Å². The van der Waals surface area contributed by atoms with Crippen LogP contribution in [0.25, 0.3) is 0 Å². The molecule has 0 aromatic heterocycles. The minimum Gasteiger partial charge on any atom is -0.497 e. The van der Waals surface area contributed by atoms with Crippen molar-refractivity contribution in [1.29, 1.82) is 0 Å². The number of rotatable bonds is 5. The highest BCUT2D eigenvalue weighted by Gasteiger charge is 2.31. The number of ether oxygens (including phenoxy) is 1. The number of carboxylic acid groups (broad SMARTS) is 1. The van der Waals surface area contributed by atoms with Crippen molar-refractivity contribution in [3.05, 3.63) is 59.7 Å². The lowest BCUT2D eigenvalue weighted by Crippen LogP contribution is -2.37. The molecule has 144 valence electrons. The van der Waals surface area contributed by atoms with E-state index in [9.17, 15) is 18.7 Å². The van der Waals surface area contributed by atoms with E-state index in [0.29, 0.717) is 31.8 Å². The van der Waals surface area contributed by atoms with Gasteiger partial charge in [-0.1, -0.05) is 0 Å². The van der Waals surface area contributed by atoms with E-state index in [1.807, 2.05) is 0 Å². The molecule has 5 nitrogen and oxygen atoms in total. The fraction of sp³-hybridized carbons (Fsp3) is 0.350.